The van der Waals surface area contributed by atoms with E-state index in [1.165, 1.54) is 19.1 Å². The lowest BCUT2D eigenvalue weighted by molar-refractivity contribution is -0.124. The van der Waals surface area contributed by atoms with Gasteiger partial charge in [-0.2, -0.15) is 4.72 Å². The summed E-state index contributed by atoms with van der Waals surface area (Å²) in [5.41, 5.74) is 0.780. The molecule has 0 radical (unpaired) electrons. The van der Waals surface area contributed by atoms with E-state index in [2.05, 4.69) is 10.0 Å². The van der Waals surface area contributed by atoms with E-state index in [0.29, 0.717) is 0 Å². The van der Waals surface area contributed by atoms with Crippen LogP contribution < -0.4 is 10.0 Å². The number of hydrogen-bond acceptors (Lipinski definition) is 6. The molecule has 3 rings (SSSR count). The summed E-state index contributed by atoms with van der Waals surface area (Å²) in [6.07, 6.45) is 1.61. The van der Waals surface area contributed by atoms with Crippen molar-refractivity contribution in [1.29, 1.82) is 0 Å². The molecule has 8 nitrogen and oxygen atoms in total. The van der Waals surface area contributed by atoms with Crippen LogP contribution in [0.4, 0.5) is 9.18 Å². The summed E-state index contributed by atoms with van der Waals surface area (Å²) in [4.78, 5) is 37.6. The monoisotopic (exact) mass is 477 g/mol. The summed E-state index contributed by atoms with van der Waals surface area (Å²) in [5, 5.41) is 2.01. The Morgan fingerprint density at radius 3 is 2.47 bits per heavy atom. The van der Waals surface area contributed by atoms with Crippen LogP contribution in [-0.4, -0.2) is 49.5 Å². The molecule has 2 N–H and O–H groups in total. The van der Waals surface area contributed by atoms with Crippen molar-refractivity contribution in [3.05, 3.63) is 70.9 Å². The number of carbonyl (C=O) groups is 3. The second-order valence-electron chi connectivity index (χ2n) is 6.81. The van der Waals surface area contributed by atoms with Gasteiger partial charge in [-0.25, -0.2) is 12.8 Å². The third-order valence-corrected chi connectivity index (χ3v) is 6.94. The summed E-state index contributed by atoms with van der Waals surface area (Å²) >= 11 is 0.807. The molecule has 1 atom stereocenters. The summed E-state index contributed by atoms with van der Waals surface area (Å²) in [6, 6.07) is 12.7. The summed E-state index contributed by atoms with van der Waals surface area (Å²) < 4.78 is 40.4. The van der Waals surface area contributed by atoms with Gasteiger partial charge in [0.1, 0.15) is 10.7 Å². The zero-order chi connectivity index (χ0) is 23.3. The molecule has 0 saturated carbocycles. The zero-order valence-corrected chi connectivity index (χ0v) is 18.6. The predicted octanol–water partition coefficient (Wildman–Crippen LogP) is 2.35. The molecule has 1 aliphatic rings. The number of sulfonamides is 1. The van der Waals surface area contributed by atoms with Crippen molar-refractivity contribution in [3.8, 4) is 0 Å². The number of carbonyl (C=O) groups excluding carboxylic acids is 3. The Morgan fingerprint density at radius 1 is 1.12 bits per heavy atom. The Kier molecular flexibility index (Phi) is 7.44. The van der Waals surface area contributed by atoms with E-state index in [-0.39, 0.29) is 18.0 Å². The second-order valence-corrected chi connectivity index (χ2v) is 9.48. The van der Waals surface area contributed by atoms with Crippen molar-refractivity contribution in [2.75, 3.05) is 13.1 Å². The summed E-state index contributed by atoms with van der Waals surface area (Å²) in [6.45, 7) is 1.16. The summed E-state index contributed by atoms with van der Waals surface area (Å²) in [5.74, 6) is -2.08. The van der Waals surface area contributed by atoms with E-state index in [1.54, 1.807) is 18.2 Å². The first-order valence-corrected chi connectivity index (χ1v) is 11.8. The van der Waals surface area contributed by atoms with Gasteiger partial charge in [0.25, 0.3) is 11.1 Å². The molecule has 1 fully saturated rings. The fourth-order valence-electron chi connectivity index (χ4n) is 2.85. The highest BCUT2D eigenvalue weighted by molar-refractivity contribution is 8.18. The number of thioether (sulfide) groups is 1. The lowest BCUT2D eigenvalue weighted by Gasteiger charge is -2.16. The molecule has 2 aromatic carbocycles. The topological polar surface area (TPSA) is 113 Å². The highest BCUT2D eigenvalue weighted by Crippen LogP contribution is 2.31. The number of nitrogens with zero attached hydrogens (tertiary/aromatic N) is 1. The number of halogens is 1. The van der Waals surface area contributed by atoms with Gasteiger partial charge >= 0.3 is 0 Å². The fourth-order valence-corrected chi connectivity index (χ4v) is 5.00. The van der Waals surface area contributed by atoms with E-state index in [4.69, 9.17) is 0 Å². The predicted molar refractivity (Wildman–Crippen MR) is 118 cm³/mol. The van der Waals surface area contributed by atoms with Crippen LogP contribution in [0, 0.1) is 5.82 Å². The van der Waals surface area contributed by atoms with Crippen LogP contribution in [0.3, 0.4) is 0 Å². The highest BCUT2D eigenvalue weighted by Gasteiger charge is 2.34. The Morgan fingerprint density at radius 2 is 1.78 bits per heavy atom. The van der Waals surface area contributed by atoms with Crippen LogP contribution in [0.1, 0.15) is 12.5 Å². The number of imide groups is 1. The van der Waals surface area contributed by atoms with Crippen LogP contribution in [0.2, 0.25) is 0 Å². The maximum atomic E-state index is 13.8. The van der Waals surface area contributed by atoms with Gasteiger partial charge in [0.05, 0.1) is 10.9 Å². The van der Waals surface area contributed by atoms with Crippen molar-refractivity contribution in [2.24, 2.45) is 0 Å². The minimum atomic E-state index is -4.25. The van der Waals surface area contributed by atoms with Gasteiger partial charge in [0.15, 0.2) is 0 Å². The van der Waals surface area contributed by atoms with Crippen LogP contribution >= 0.6 is 11.8 Å². The molecule has 11 heteroatoms. The number of hydrogen-bond donors (Lipinski definition) is 2. The second kappa shape index (κ2) is 10.1. The quantitative estimate of drug-likeness (QED) is 0.565. The molecule has 2 aromatic rings. The molecule has 0 unspecified atom stereocenters. The Balaban J connectivity index is 1.54. The largest absolute Gasteiger partial charge is 0.353 e. The van der Waals surface area contributed by atoms with Crippen molar-refractivity contribution in [2.45, 2.75) is 17.9 Å². The molecule has 1 aliphatic heterocycles. The average molecular weight is 478 g/mol. The van der Waals surface area contributed by atoms with Crippen molar-refractivity contribution < 1.29 is 27.2 Å². The van der Waals surface area contributed by atoms with Crippen molar-refractivity contribution >= 4 is 44.9 Å². The molecule has 0 aromatic heterocycles. The minimum absolute atomic E-state index is 0.0682. The van der Waals surface area contributed by atoms with Crippen molar-refractivity contribution in [1.82, 2.24) is 14.9 Å². The Hall–Kier alpha value is -3.02. The molecular weight excluding hydrogens is 457 g/mol. The fraction of sp³-hybridized carbons (Fsp3) is 0.190. The molecule has 1 heterocycles. The van der Waals surface area contributed by atoms with Gasteiger partial charge in [0.2, 0.25) is 15.9 Å². The number of amides is 3. The molecule has 3 amide bonds. The first kappa shape index (κ1) is 23.6. The van der Waals surface area contributed by atoms with Crippen molar-refractivity contribution in [3.63, 3.8) is 0 Å². The molecule has 168 valence electrons. The van der Waals surface area contributed by atoms with E-state index < -0.39 is 43.8 Å². The Labute approximate surface area is 188 Å². The van der Waals surface area contributed by atoms with Gasteiger partial charge < -0.3 is 5.32 Å². The number of nitrogens with one attached hydrogen (secondary N) is 2. The summed E-state index contributed by atoms with van der Waals surface area (Å²) in [7, 11) is -4.25. The molecule has 1 saturated heterocycles. The van der Waals surface area contributed by atoms with E-state index in [9.17, 15) is 27.2 Å². The standard InChI is InChI=1S/C21H20FN3O5S2/c1-14(24-32(29,30)18-10-6-5-9-16(18)22)19(26)23-11-12-25-20(27)17(31-21(25)28)13-15-7-3-2-4-8-15/h2-10,13-14,24H,11-12H2,1H3,(H,23,26)/b17-13-/t14-/m0/s1. The number of rotatable bonds is 8. The normalized spacial score (nSPS) is 16.4. The first-order chi connectivity index (χ1) is 15.2. The molecule has 0 aliphatic carbocycles. The molecule has 0 bridgehead atoms. The number of benzene rings is 2. The zero-order valence-electron chi connectivity index (χ0n) is 16.9. The third kappa shape index (κ3) is 5.61. The van der Waals surface area contributed by atoms with Crippen LogP contribution in [0.15, 0.2) is 64.4 Å². The van der Waals surface area contributed by atoms with Gasteiger partial charge in [0, 0.05) is 13.1 Å². The Bertz CT molecular complexity index is 1170. The molecular formula is C21H20FN3O5S2. The molecule has 0 spiro atoms. The van der Waals surface area contributed by atoms with E-state index >= 15 is 0 Å². The van der Waals surface area contributed by atoms with Crippen LogP contribution in [0.25, 0.3) is 6.08 Å². The van der Waals surface area contributed by atoms with Crippen LogP contribution in [0.5, 0.6) is 0 Å². The molecule has 32 heavy (non-hydrogen) atoms. The van der Waals surface area contributed by atoms with Gasteiger partial charge in [-0.15, -0.1) is 0 Å². The van der Waals surface area contributed by atoms with E-state index in [1.807, 2.05) is 18.2 Å². The smallest absolute Gasteiger partial charge is 0.293 e. The lowest BCUT2D eigenvalue weighted by atomic mass is 10.2. The minimum Gasteiger partial charge on any atom is -0.353 e. The van der Waals surface area contributed by atoms with Gasteiger partial charge in [-0.3, -0.25) is 19.3 Å². The average Bonchev–Trinajstić information content (AvgIpc) is 3.01. The third-order valence-electron chi connectivity index (χ3n) is 4.46. The van der Waals surface area contributed by atoms with Crippen LogP contribution in [-0.2, 0) is 19.6 Å². The van der Waals surface area contributed by atoms with Gasteiger partial charge in [-0.1, -0.05) is 42.5 Å². The maximum absolute atomic E-state index is 13.8. The first-order valence-electron chi connectivity index (χ1n) is 9.54. The SMILES string of the molecule is C[C@H](NS(=O)(=O)c1ccccc1F)C(=O)NCCN1C(=O)S/C(=C\c2ccccc2)C1=O. The maximum Gasteiger partial charge on any atom is 0.293 e. The lowest BCUT2D eigenvalue weighted by Crippen LogP contribution is -2.47. The highest BCUT2D eigenvalue weighted by atomic mass is 32.2. The van der Waals surface area contributed by atoms with E-state index in [0.717, 1.165) is 34.4 Å². The van der Waals surface area contributed by atoms with Gasteiger partial charge in [-0.05, 0) is 42.5 Å².